The van der Waals surface area contributed by atoms with Crippen LogP contribution in [0.1, 0.15) is 51.2 Å². The average Bonchev–Trinajstić information content (AvgIpc) is 2.76. The molecule has 3 rings (SSSR count). The van der Waals surface area contributed by atoms with E-state index in [1.165, 1.54) is 11.1 Å². The van der Waals surface area contributed by atoms with Crippen molar-refractivity contribution in [2.24, 2.45) is 0 Å². The van der Waals surface area contributed by atoms with Crippen LogP contribution in [-0.2, 0) is 14.9 Å². The van der Waals surface area contributed by atoms with Gasteiger partial charge in [0, 0.05) is 43.1 Å². The minimum absolute atomic E-state index is 0.159. The van der Waals surface area contributed by atoms with E-state index < -0.39 is 5.60 Å². The van der Waals surface area contributed by atoms with Gasteiger partial charge in [-0.1, -0.05) is 40.2 Å². The van der Waals surface area contributed by atoms with E-state index in [2.05, 4.69) is 52.3 Å². The fourth-order valence-electron chi connectivity index (χ4n) is 4.17. The number of rotatable bonds is 7. The van der Waals surface area contributed by atoms with Crippen molar-refractivity contribution in [3.05, 3.63) is 64.1 Å². The Kier molecular flexibility index (Phi) is 8.23. The molecule has 0 aromatic heterocycles. The van der Waals surface area contributed by atoms with Gasteiger partial charge in [0.05, 0.1) is 6.61 Å². The van der Waals surface area contributed by atoms with Crippen LogP contribution in [0.3, 0.4) is 0 Å². The van der Waals surface area contributed by atoms with E-state index >= 15 is 0 Å². The summed E-state index contributed by atoms with van der Waals surface area (Å²) in [5.74, 6) is 0.863. The fourth-order valence-corrected chi connectivity index (χ4v) is 4.44. The Morgan fingerprint density at radius 2 is 1.53 bits per heavy atom. The number of hydrogen-bond acceptors (Lipinski definition) is 4. The molecule has 2 aromatic carbocycles. The largest absolute Gasteiger partial charge is 0.494 e. The molecule has 1 heterocycles. The molecule has 0 spiro atoms. The molecule has 1 fully saturated rings. The monoisotopic (exact) mass is 503 g/mol. The highest BCUT2D eigenvalue weighted by molar-refractivity contribution is 9.10. The number of hydrogen-bond donors (Lipinski definition) is 0. The maximum atomic E-state index is 12.6. The second kappa shape index (κ2) is 10.7. The number of methoxy groups -OCH3 is 1. The average molecular weight is 504 g/mol. The third-order valence-electron chi connectivity index (χ3n) is 5.83. The van der Waals surface area contributed by atoms with E-state index in [0.29, 0.717) is 26.3 Å². The number of halogens is 1. The smallest absolute Gasteiger partial charge is 0.410 e. The summed E-state index contributed by atoms with van der Waals surface area (Å²) in [4.78, 5) is 14.4. The van der Waals surface area contributed by atoms with E-state index in [1.807, 2.05) is 37.8 Å². The Morgan fingerprint density at radius 1 is 0.969 bits per heavy atom. The summed E-state index contributed by atoms with van der Waals surface area (Å²) in [6, 6.07) is 17.0. The van der Waals surface area contributed by atoms with Crippen molar-refractivity contribution in [2.75, 3.05) is 33.4 Å². The molecule has 0 bridgehead atoms. The molecule has 0 N–H and O–H groups in total. The first-order valence-electron chi connectivity index (χ1n) is 11.2. The van der Waals surface area contributed by atoms with Gasteiger partial charge in [0.1, 0.15) is 11.4 Å². The predicted molar refractivity (Wildman–Crippen MR) is 130 cm³/mol. The number of nitrogens with zero attached hydrogens (tertiary/aromatic N) is 1. The van der Waals surface area contributed by atoms with Crippen LogP contribution in [0.25, 0.3) is 0 Å². The van der Waals surface area contributed by atoms with Crippen molar-refractivity contribution in [2.45, 2.75) is 51.0 Å². The summed E-state index contributed by atoms with van der Waals surface area (Å²) >= 11 is 3.55. The van der Waals surface area contributed by atoms with Crippen LogP contribution in [0, 0.1) is 0 Å². The molecule has 5 nitrogen and oxygen atoms in total. The first-order chi connectivity index (χ1) is 15.2. The number of piperidine rings is 1. The SMILES string of the molecule is COCCCOc1ccc(C2(c3ccc(Br)cc3)CCN(C(=O)OC(C)(C)C)CC2)cc1. The van der Waals surface area contributed by atoms with Gasteiger partial charge in [-0.2, -0.15) is 0 Å². The van der Waals surface area contributed by atoms with E-state index in [9.17, 15) is 4.79 Å². The minimum Gasteiger partial charge on any atom is -0.494 e. The first kappa shape index (κ1) is 24.6. The quantitative estimate of drug-likeness (QED) is 0.423. The van der Waals surface area contributed by atoms with E-state index in [0.717, 1.165) is 29.5 Å². The maximum Gasteiger partial charge on any atom is 0.410 e. The molecule has 2 aromatic rings. The lowest BCUT2D eigenvalue weighted by atomic mass is 9.68. The second-order valence-electron chi connectivity index (χ2n) is 9.28. The van der Waals surface area contributed by atoms with Crippen LogP contribution in [0.5, 0.6) is 5.75 Å². The maximum absolute atomic E-state index is 12.6. The normalized spacial score (nSPS) is 16.0. The van der Waals surface area contributed by atoms with Crippen molar-refractivity contribution in [3.8, 4) is 5.75 Å². The lowest BCUT2D eigenvalue weighted by Crippen LogP contribution is -2.47. The Morgan fingerprint density at radius 3 is 2.06 bits per heavy atom. The van der Waals surface area contributed by atoms with E-state index in [1.54, 1.807) is 7.11 Å². The topological polar surface area (TPSA) is 48.0 Å². The minimum atomic E-state index is -0.490. The zero-order chi connectivity index (χ0) is 23.2. The zero-order valence-electron chi connectivity index (χ0n) is 19.5. The highest BCUT2D eigenvalue weighted by atomic mass is 79.9. The number of amides is 1. The van der Waals surface area contributed by atoms with Gasteiger partial charge in [-0.25, -0.2) is 4.79 Å². The lowest BCUT2D eigenvalue weighted by molar-refractivity contribution is 0.0180. The molecule has 1 aliphatic heterocycles. The molecule has 32 heavy (non-hydrogen) atoms. The van der Waals surface area contributed by atoms with Crippen molar-refractivity contribution in [1.29, 1.82) is 0 Å². The molecule has 0 saturated carbocycles. The Balaban J connectivity index is 1.80. The molecule has 0 radical (unpaired) electrons. The summed E-state index contributed by atoms with van der Waals surface area (Å²) in [7, 11) is 1.70. The molecule has 6 heteroatoms. The number of carbonyl (C=O) groups excluding carboxylic acids is 1. The third-order valence-corrected chi connectivity index (χ3v) is 6.36. The van der Waals surface area contributed by atoms with E-state index in [4.69, 9.17) is 14.2 Å². The number of benzene rings is 2. The van der Waals surface area contributed by atoms with Gasteiger partial charge in [-0.15, -0.1) is 0 Å². The number of likely N-dealkylation sites (tertiary alicyclic amines) is 1. The van der Waals surface area contributed by atoms with Crippen LogP contribution < -0.4 is 4.74 Å². The Bertz CT molecular complexity index is 866. The molecule has 0 unspecified atom stereocenters. The van der Waals surface area contributed by atoms with Crippen molar-refractivity contribution in [1.82, 2.24) is 4.90 Å². The molecule has 1 aliphatic rings. The molecule has 0 atom stereocenters. The lowest BCUT2D eigenvalue weighted by Gasteiger charge is -2.43. The van der Waals surface area contributed by atoms with Crippen molar-refractivity contribution >= 4 is 22.0 Å². The van der Waals surface area contributed by atoms with E-state index in [-0.39, 0.29) is 11.5 Å². The standard InChI is InChI=1S/C26H34BrNO4/c1-25(2,3)32-24(29)28-16-14-26(15-17-28,20-6-10-22(27)11-7-20)21-8-12-23(13-9-21)31-19-5-18-30-4/h6-13H,5,14-19H2,1-4H3. The molecule has 0 aliphatic carbocycles. The summed E-state index contributed by atoms with van der Waals surface area (Å²) in [5, 5.41) is 0. The van der Waals surface area contributed by atoms with Gasteiger partial charge in [0.2, 0.25) is 0 Å². The van der Waals surface area contributed by atoms with Crippen LogP contribution in [-0.4, -0.2) is 50.0 Å². The highest BCUT2D eigenvalue weighted by Crippen LogP contribution is 2.42. The Hall–Kier alpha value is -2.05. The highest BCUT2D eigenvalue weighted by Gasteiger charge is 2.39. The number of ether oxygens (including phenoxy) is 3. The van der Waals surface area contributed by atoms with Gasteiger partial charge >= 0.3 is 6.09 Å². The van der Waals surface area contributed by atoms with Gasteiger partial charge < -0.3 is 19.1 Å². The van der Waals surface area contributed by atoms with Crippen molar-refractivity contribution in [3.63, 3.8) is 0 Å². The summed E-state index contributed by atoms with van der Waals surface area (Å²) in [6.45, 7) is 8.34. The van der Waals surface area contributed by atoms with Crippen LogP contribution >= 0.6 is 15.9 Å². The summed E-state index contributed by atoms with van der Waals surface area (Å²) < 4.78 is 17.6. The van der Waals surface area contributed by atoms with Crippen LogP contribution in [0.2, 0.25) is 0 Å². The molecular formula is C26H34BrNO4. The predicted octanol–water partition coefficient (Wildman–Crippen LogP) is 6.18. The van der Waals surface area contributed by atoms with Crippen molar-refractivity contribution < 1.29 is 19.0 Å². The summed E-state index contributed by atoms with van der Waals surface area (Å²) in [5.41, 5.74) is 1.86. The van der Waals surface area contributed by atoms with Gasteiger partial charge in [0.25, 0.3) is 0 Å². The van der Waals surface area contributed by atoms with Crippen LogP contribution in [0.15, 0.2) is 53.0 Å². The van der Waals surface area contributed by atoms with Crippen LogP contribution in [0.4, 0.5) is 4.79 Å². The summed E-state index contributed by atoms with van der Waals surface area (Å²) in [6.07, 6.45) is 2.30. The molecule has 174 valence electrons. The molecule has 1 saturated heterocycles. The molecular weight excluding hydrogens is 470 g/mol. The first-order valence-corrected chi connectivity index (χ1v) is 12.0. The second-order valence-corrected chi connectivity index (χ2v) is 10.2. The van der Waals surface area contributed by atoms with Gasteiger partial charge in [-0.05, 0) is 69.0 Å². The Labute approximate surface area is 200 Å². The zero-order valence-corrected chi connectivity index (χ0v) is 21.1. The third kappa shape index (κ3) is 6.26. The fraction of sp³-hybridized carbons (Fsp3) is 0.500. The number of carbonyl (C=O) groups is 1. The van der Waals surface area contributed by atoms with Gasteiger partial charge in [0.15, 0.2) is 0 Å². The van der Waals surface area contributed by atoms with Gasteiger partial charge in [-0.3, -0.25) is 0 Å². The molecule has 1 amide bonds.